The van der Waals surface area contributed by atoms with E-state index in [9.17, 15) is 13.2 Å². The molecular formula is C17H14F3N3. The summed E-state index contributed by atoms with van der Waals surface area (Å²) in [4.78, 5) is 0. The van der Waals surface area contributed by atoms with Gasteiger partial charge in [-0.05, 0) is 48.0 Å². The number of nitrogens with one attached hydrogen (secondary N) is 1. The zero-order chi connectivity index (χ0) is 16.4. The molecule has 3 aromatic rings. The van der Waals surface area contributed by atoms with Gasteiger partial charge in [0.2, 0.25) is 0 Å². The maximum atomic E-state index is 13.4. The van der Waals surface area contributed by atoms with E-state index in [1.54, 1.807) is 18.2 Å². The van der Waals surface area contributed by atoms with E-state index < -0.39 is 11.6 Å². The van der Waals surface area contributed by atoms with Crippen molar-refractivity contribution in [2.75, 3.05) is 6.54 Å². The third-order valence-electron chi connectivity index (χ3n) is 3.69. The van der Waals surface area contributed by atoms with Crippen LogP contribution in [0.1, 0.15) is 17.2 Å². The van der Waals surface area contributed by atoms with E-state index in [4.69, 9.17) is 5.73 Å². The van der Waals surface area contributed by atoms with E-state index in [-0.39, 0.29) is 18.3 Å². The highest BCUT2D eigenvalue weighted by Gasteiger charge is 2.17. The molecule has 3 rings (SSSR count). The first-order valence-corrected chi connectivity index (χ1v) is 7.04. The fourth-order valence-electron chi connectivity index (χ4n) is 2.46. The van der Waals surface area contributed by atoms with Crippen LogP contribution in [0.2, 0.25) is 0 Å². The predicted octanol–water partition coefficient (Wildman–Crippen LogP) is 3.58. The summed E-state index contributed by atoms with van der Waals surface area (Å²) in [5.74, 6) is -2.49. The number of hydrogen-bond donors (Lipinski definition) is 2. The summed E-state index contributed by atoms with van der Waals surface area (Å²) in [5, 5.41) is 7.04. The number of nitrogens with two attached hydrogens (primary N) is 1. The van der Waals surface area contributed by atoms with Crippen molar-refractivity contribution in [1.82, 2.24) is 10.2 Å². The molecule has 0 spiro atoms. The molecule has 0 amide bonds. The molecule has 0 fully saturated rings. The topological polar surface area (TPSA) is 54.7 Å². The van der Waals surface area contributed by atoms with E-state index in [1.165, 1.54) is 18.2 Å². The lowest BCUT2D eigenvalue weighted by molar-refractivity contribution is 0.506. The highest BCUT2D eigenvalue weighted by molar-refractivity contribution is 5.59. The molecule has 118 valence electrons. The number of hydrogen-bond acceptors (Lipinski definition) is 2. The van der Waals surface area contributed by atoms with Gasteiger partial charge in [-0.25, -0.2) is 13.2 Å². The summed E-state index contributed by atoms with van der Waals surface area (Å²) >= 11 is 0. The maximum absolute atomic E-state index is 13.4. The standard InChI is InChI=1S/C17H14F3N3/c18-12-4-1-10(2-5-12)16-8-17(23-22-16)13(9-21)11-3-6-14(19)15(20)7-11/h1-8,13H,9,21H2,(H,22,23). The molecule has 2 aromatic carbocycles. The summed E-state index contributed by atoms with van der Waals surface area (Å²) in [5.41, 5.74) is 8.39. The third-order valence-corrected chi connectivity index (χ3v) is 3.69. The van der Waals surface area contributed by atoms with Crippen molar-refractivity contribution in [2.45, 2.75) is 5.92 Å². The van der Waals surface area contributed by atoms with Gasteiger partial charge in [-0.15, -0.1) is 0 Å². The van der Waals surface area contributed by atoms with Gasteiger partial charge in [0.15, 0.2) is 11.6 Å². The van der Waals surface area contributed by atoms with Crippen LogP contribution >= 0.6 is 0 Å². The van der Waals surface area contributed by atoms with E-state index in [1.807, 2.05) is 0 Å². The summed E-state index contributed by atoms with van der Waals surface area (Å²) in [7, 11) is 0. The molecule has 0 aliphatic carbocycles. The minimum absolute atomic E-state index is 0.204. The van der Waals surface area contributed by atoms with Gasteiger partial charge in [0.05, 0.1) is 5.69 Å². The Labute approximate surface area is 131 Å². The van der Waals surface area contributed by atoms with Crippen LogP contribution in [0.25, 0.3) is 11.3 Å². The van der Waals surface area contributed by atoms with Gasteiger partial charge in [-0.1, -0.05) is 6.07 Å². The van der Waals surface area contributed by atoms with Crippen LogP contribution in [-0.4, -0.2) is 16.7 Å². The first-order valence-electron chi connectivity index (χ1n) is 7.04. The first-order chi connectivity index (χ1) is 11.1. The molecule has 3 N–H and O–H groups in total. The molecule has 1 atom stereocenters. The second-order valence-electron chi connectivity index (χ2n) is 5.18. The number of aromatic amines is 1. The monoisotopic (exact) mass is 317 g/mol. The maximum Gasteiger partial charge on any atom is 0.159 e. The first kappa shape index (κ1) is 15.3. The molecule has 6 heteroatoms. The van der Waals surface area contributed by atoms with Crippen molar-refractivity contribution < 1.29 is 13.2 Å². The van der Waals surface area contributed by atoms with Crippen molar-refractivity contribution in [3.05, 3.63) is 77.2 Å². The number of halogens is 3. The Morgan fingerprint density at radius 3 is 2.35 bits per heavy atom. The Morgan fingerprint density at radius 2 is 1.70 bits per heavy atom. The Morgan fingerprint density at radius 1 is 0.957 bits per heavy atom. The second kappa shape index (κ2) is 6.26. The Hall–Kier alpha value is -2.60. The molecule has 1 unspecified atom stereocenters. The molecule has 0 aliphatic rings. The van der Waals surface area contributed by atoms with Crippen LogP contribution < -0.4 is 5.73 Å². The summed E-state index contributed by atoms with van der Waals surface area (Å²) in [6, 6.07) is 11.4. The third kappa shape index (κ3) is 3.12. The van der Waals surface area contributed by atoms with Gasteiger partial charge < -0.3 is 5.73 Å². The normalized spacial score (nSPS) is 12.3. The number of rotatable bonds is 4. The van der Waals surface area contributed by atoms with E-state index in [2.05, 4.69) is 10.2 Å². The fourth-order valence-corrected chi connectivity index (χ4v) is 2.46. The Kier molecular flexibility index (Phi) is 4.16. The van der Waals surface area contributed by atoms with Crippen LogP contribution in [0.3, 0.4) is 0 Å². The van der Waals surface area contributed by atoms with Gasteiger partial charge in [-0.2, -0.15) is 5.10 Å². The van der Waals surface area contributed by atoms with Crippen LogP contribution in [0.5, 0.6) is 0 Å². The largest absolute Gasteiger partial charge is 0.329 e. The number of H-pyrrole nitrogens is 1. The lowest BCUT2D eigenvalue weighted by Crippen LogP contribution is -2.14. The lowest BCUT2D eigenvalue weighted by atomic mass is 9.95. The molecule has 3 nitrogen and oxygen atoms in total. The summed E-state index contributed by atoms with van der Waals surface area (Å²) in [6.07, 6.45) is 0. The van der Waals surface area contributed by atoms with Gasteiger partial charge in [0.1, 0.15) is 5.82 Å². The molecule has 23 heavy (non-hydrogen) atoms. The van der Waals surface area contributed by atoms with Crippen molar-refractivity contribution in [1.29, 1.82) is 0 Å². The van der Waals surface area contributed by atoms with Crippen LogP contribution in [0, 0.1) is 17.5 Å². The SMILES string of the molecule is NCC(c1ccc(F)c(F)c1)c1cc(-c2ccc(F)cc2)n[nH]1. The van der Waals surface area contributed by atoms with Crippen molar-refractivity contribution in [2.24, 2.45) is 5.73 Å². The van der Waals surface area contributed by atoms with Crippen molar-refractivity contribution in [3.8, 4) is 11.3 Å². The molecule has 0 aliphatic heterocycles. The predicted molar refractivity (Wildman–Crippen MR) is 81.2 cm³/mol. The van der Waals surface area contributed by atoms with E-state index in [0.717, 1.165) is 17.7 Å². The quantitative estimate of drug-likeness (QED) is 0.773. The molecule has 0 saturated carbocycles. The number of nitrogens with zero attached hydrogens (tertiary/aromatic N) is 1. The highest BCUT2D eigenvalue weighted by Crippen LogP contribution is 2.27. The smallest absolute Gasteiger partial charge is 0.159 e. The average Bonchev–Trinajstić information content (AvgIpc) is 3.02. The molecule has 0 radical (unpaired) electrons. The molecular weight excluding hydrogens is 303 g/mol. The molecule has 0 saturated heterocycles. The Balaban J connectivity index is 1.93. The number of aromatic nitrogens is 2. The second-order valence-corrected chi connectivity index (χ2v) is 5.18. The van der Waals surface area contributed by atoms with Gasteiger partial charge >= 0.3 is 0 Å². The van der Waals surface area contributed by atoms with Crippen LogP contribution in [0.4, 0.5) is 13.2 Å². The zero-order valence-corrected chi connectivity index (χ0v) is 12.1. The molecule has 1 aromatic heterocycles. The average molecular weight is 317 g/mol. The lowest BCUT2D eigenvalue weighted by Gasteiger charge is -2.13. The molecule has 0 bridgehead atoms. The van der Waals surface area contributed by atoms with Crippen molar-refractivity contribution >= 4 is 0 Å². The minimum atomic E-state index is -0.917. The summed E-state index contributed by atoms with van der Waals surface area (Å²) < 4.78 is 39.5. The van der Waals surface area contributed by atoms with Gasteiger partial charge in [0.25, 0.3) is 0 Å². The molecule has 1 heterocycles. The van der Waals surface area contributed by atoms with Crippen LogP contribution in [0.15, 0.2) is 48.5 Å². The summed E-state index contributed by atoms with van der Waals surface area (Å²) in [6.45, 7) is 0.204. The van der Waals surface area contributed by atoms with Crippen molar-refractivity contribution in [3.63, 3.8) is 0 Å². The van der Waals surface area contributed by atoms with Gasteiger partial charge in [-0.3, -0.25) is 5.10 Å². The minimum Gasteiger partial charge on any atom is -0.329 e. The van der Waals surface area contributed by atoms with Gasteiger partial charge in [0, 0.05) is 23.7 Å². The van der Waals surface area contributed by atoms with E-state index in [0.29, 0.717) is 17.0 Å². The zero-order valence-electron chi connectivity index (χ0n) is 12.1. The van der Waals surface area contributed by atoms with E-state index >= 15 is 0 Å². The highest BCUT2D eigenvalue weighted by atomic mass is 19.2. The fraction of sp³-hybridized carbons (Fsp3) is 0.118. The van der Waals surface area contributed by atoms with Crippen LogP contribution in [-0.2, 0) is 0 Å². The number of benzene rings is 2. The Bertz CT molecular complexity index is 812.